The van der Waals surface area contributed by atoms with Crippen LogP contribution in [0.1, 0.15) is 19.8 Å². The number of hydrogen-bond acceptors (Lipinski definition) is 5. The third-order valence-electron chi connectivity index (χ3n) is 3.21. The Balaban J connectivity index is 2.11. The minimum atomic E-state index is -3.44. The number of rotatable bonds is 6. The van der Waals surface area contributed by atoms with Gasteiger partial charge in [0.05, 0.1) is 16.3 Å². The largest absolute Gasteiger partial charge is 0.397 e. The monoisotopic (exact) mass is 315 g/mol. The third-order valence-corrected chi connectivity index (χ3v) is 6.15. The van der Waals surface area contributed by atoms with Crippen LogP contribution in [0.5, 0.6) is 0 Å². The highest BCUT2D eigenvalue weighted by molar-refractivity contribution is 8.00. The van der Waals surface area contributed by atoms with E-state index in [-0.39, 0.29) is 4.90 Å². The molecular weight excluding hydrogens is 294 g/mol. The summed E-state index contributed by atoms with van der Waals surface area (Å²) in [5.41, 5.74) is 7.17. The van der Waals surface area contributed by atoms with Crippen molar-refractivity contribution in [2.24, 2.45) is 0 Å². The third kappa shape index (κ3) is 3.80. The second kappa shape index (κ2) is 6.69. The number of nitrogens with two attached hydrogens (primary N) is 1. The van der Waals surface area contributed by atoms with Crippen molar-refractivity contribution in [1.82, 2.24) is 4.72 Å². The van der Waals surface area contributed by atoms with Crippen molar-refractivity contribution in [2.75, 3.05) is 29.9 Å². The topological polar surface area (TPSA) is 84.2 Å². The van der Waals surface area contributed by atoms with Gasteiger partial charge < -0.3 is 11.1 Å². The molecule has 1 fully saturated rings. The summed E-state index contributed by atoms with van der Waals surface area (Å²) in [7, 11) is -3.44. The molecule has 7 heteroatoms. The van der Waals surface area contributed by atoms with Crippen molar-refractivity contribution in [3.63, 3.8) is 0 Å². The van der Waals surface area contributed by atoms with Gasteiger partial charge in [-0.15, -0.1) is 0 Å². The molecule has 2 rings (SSSR count). The van der Waals surface area contributed by atoms with Gasteiger partial charge in [0.25, 0.3) is 0 Å². The van der Waals surface area contributed by atoms with Crippen molar-refractivity contribution >= 4 is 33.2 Å². The first-order valence-electron chi connectivity index (χ1n) is 6.77. The molecule has 20 heavy (non-hydrogen) atoms. The lowest BCUT2D eigenvalue weighted by Gasteiger charge is -2.14. The Hall–Kier alpha value is -0.920. The predicted molar refractivity (Wildman–Crippen MR) is 85.7 cm³/mol. The van der Waals surface area contributed by atoms with E-state index in [0.717, 1.165) is 6.54 Å². The molecule has 1 aliphatic heterocycles. The number of sulfonamides is 1. The van der Waals surface area contributed by atoms with Gasteiger partial charge in [-0.1, -0.05) is 6.92 Å². The zero-order chi connectivity index (χ0) is 14.6. The molecule has 0 radical (unpaired) electrons. The van der Waals surface area contributed by atoms with Crippen LogP contribution in [0.2, 0.25) is 0 Å². The summed E-state index contributed by atoms with van der Waals surface area (Å²) in [5, 5.41) is 3.86. The molecule has 0 saturated carbocycles. The summed E-state index contributed by atoms with van der Waals surface area (Å²) in [6, 6.07) is 4.77. The maximum Gasteiger partial charge on any atom is 0.240 e. The van der Waals surface area contributed by atoms with Crippen LogP contribution in [0.4, 0.5) is 11.4 Å². The van der Waals surface area contributed by atoms with Crippen LogP contribution in [0, 0.1) is 0 Å². The highest BCUT2D eigenvalue weighted by Gasteiger charge is 2.17. The van der Waals surface area contributed by atoms with Gasteiger partial charge in [-0.25, -0.2) is 13.1 Å². The molecule has 5 nitrogen and oxygen atoms in total. The van der Waals surface area contributed by atoms with E-state index in [1.54, 1.807) is 19.1 Å². The summed E-state index contributed by atoms with van der Waals surface area (Å²) < 4.78 is 26.4. The molecule has 1 aliphatic rings. The average Bonchev–Trinajstić information content (AvgIpc) is 2.90. The Labute approximate surface area is 124 Å². The van der Waals surface area contributed by atoms with Crippen LogP contribution in [0.3, 0.4) is 0 Å². The van der Waals surface area contributed by atoms with E-state index in [4.69, 9.17) is 5.73 Å². The lowest BCUT2D eigenvalue weighted by molar-refractivity contribution is 0.584. The maximum absolute atomic E-state index is 12.0. The number of nitrogens with one attached hydrogen (secondary N) is 2. The van der Waals surface area contributed by atoms with Gasteiger partial charge in [0.2, 0.25) is 10.0 Å². The molecule has 1 saturated heterocycles. The fourth-order valence-corrected chi connectivity index (χ4v) is 4.43. The highest BCUT2D eigenvalue weighted by Crippen LogP contribution is 2.28. The fraction of sp³-hybridized carbons (Fsp3) is 0.538. The first kappa shape index (κ1) is 15.5. The van der Waals surface area contributed by atoms with Crippen molar-refractivity contribution < 1.29 is 8.42 Å². The predicted octanol–water partition coefficient (Wildman–Crippen LogP) is 1.87. The number of hydrogen-bond donors (Lipinski definition) is 3. The minimum Gasteiger partial charge on any atom is -0.397 e. The van der Waals surface area contributed by atoms with Crippen molar-refractivity contribution in [3.05, 3.63) is 18.2 Å². The Kier molecular flexibility index (Phi) is 5.17. The molecule has 1 heterocycles. The van der Waals surface area contributed by atoms with Crippen LogP contribution in [0.15, 0.2) is 23.1 Å². The van der Waals surface area contributed by atoms with Crippen molar-refractivity contribution in [2.45, 2.75) is 29.9 Å². The lowest BCUT2D eigenvalue weighted by atomic mass is 10.2. The Morgan fingerprint density at radius 3 is 2.90 bits per heavy atom. The molecule has 0 bridgehead atoms. The first-order chi connectivity index (χ1) is 9.53. The zero-order valence-electron chi connectivity index (χ0n) is 11.6. The number of thioether (sulfide) groups is 1. The van der Waals surface area contributed by atoms with E-state index in [0.29, 0.717) is 23.2 Å². The molecule has 4 N–H and O–H groups in total. The molecule has 0 amide bonds. The number of benzene rings is 1. The van der Waals surface area contributed by atoms with E-state index in [9.17, 15) is 8.42 Å². The maximum atomic E-state index is 12.0. The molecule has 0 spiro atoms. The van der Waals surface area contributed by atoms with E-state index in [2.05, 4.69) is 10.0 Å². The number of anilines is 2. The van der Waals surface area contributed by atoms with Crippen LogP contribution in [-0.2, 0) is 10.0 Å². The van der Waals surface area contributed by atoms with Gasteiger partial charge in [0, 0.05) is 18.3 Å². The quantitative estimate of drug-likeness (QED) is 0.698. The SMILES string of the molecule is CCNS(=O)(=O)c1ccc(N)c(NCC2CCCS2)c1. The van der Waals surface area contributed by atoms with Gasteiger partial charge >= 0.3 is 0 Å². The Bertz CT molecular complexity index is 555. The van der Waals surface area contributed by atoms with E-state index >= 15 is 0 Å². The summed E-state index contributed by atoms with van der Waals surface area (Å²) in [6.07, 6.45) is 2.45. The summed E-state index contributed by atoms with van der Waals surface area (Å²) in [6.45, 7) is 2.94. The normalized spacial score (nSPS) is 19.1. The Morgan fingerprint density at radius 1 is 1.45 bits per heavy atom. The van der Waals surface area contributed by atoms with Gasteiger partial charge in [-0.3, -0.25) is 0 Å². The van der Waals surface area contributed by atoms with Gasteiger partial charge in [0.15, 0.2) is 0 Å². The summed E-state index contributed by atoms with van der Waals surface area (Å²) >= 11 is 1.95. The van der Waals surface area contributed by atoms with E-state index < -0.39 is 10.0 Å². The standard InChI is InChI=1S/C13H21N3O2S2/c1-2-16-20(17,18)11-5-6-12(14)13(8-11)15-9-10-4-3-7-19-10/h5-6,8,10,15-16H,2-4,7,9,14H2,1H3. The zero-order valence-corrected chi connectivity index (χ0v) is 13.2. The Morgan fingerprint density at radius 2 is 2.25 bits per heavy atom. The van der Waals surface area contributed by atoms with Gasteiger partial charge in [-0.2, -0.15) is 11.8 Å². The van der Waals surface area contributed by atoms with E-state index in [1.807, 2.05) is 11.8 Å². The molecule has 0 aromatic heterocycles. The van der Waals surface area contributed by atoms with Crippen LogP contribution in [0.25, 0.3) is 0 Å². The second-order valence-electron chi connectivity index (χ2n) is 4.77. The first-order valence-corrected chi connectivity index (χ1v) is 9.31. The van der Waals surface area contributed by atoms with Crippen LogP contribution in [-0.4, -0.2) is 32.5 Å². The summed E-state index contributed by atoms with van der Waals surface area (Å²) in [5.74, 6) is 1.21. The fourth-order valence-electron chi connectivity index (χ4n) is 2.16. The number of nitrogen functional groups attached to an aromatic ring is 1. The van der Waals surface area contributed by atoms with Crippen LogP contribution < -0.4 is 15.8 Å². The molecule has 1 aromatic carbocycles. The molecule has 0 aliphatic carbocycles. The van der Waals surface area contributed by atoms with Gasteiger partial charge in [0.1, 0.15) is 0 Å². The molecule has 1 atom stereocenters. The van der Waals surface area contributed by atoms with Crippen molar-refractivity contribution in [1.29, 1.82) is 0 Å². The molecule has 1 aromatic rings. The van der Waals surface area contributed by atoms with E-state index in [1.165, 1.54) is 24.7 Å². The average molecular weight is 315 g/mol. The van der Waals surface area contributed by atoms with Crippen molar-refractivity contribution in [3.8, 4) is 0 Å². The second-order valence-corrected chi connectivity index (χ2v) is 7.94. The van der Waals surface area contributed by atoms with Gasteiger partial charge in [-0.05, 0) is 36.8 Å². The smallest absolute Gasteiger partial charge is 0.240 e. The lowest BCUT2D eigenvalue weighted by Crippen LogP contribution is -2.23. The highest BCUT2D eigenvalue weighted by atomic mass is 32.2. The molecular formula is C13H21N3O2S2. The minimum absolute atomic E-state index is 0.245. The van der Waals surface area contributed by atoms with Crippen LogP contribution >= 0.6 is 11.8 Å². The molecule has 112 valence electrons. The molecule has 1 unspecified atom stereocenters. The summed E-state index contributed by atoms with van der Waals surface area (Å²) in [4.78, 5) is 0.245.